The number of nitrogens with one attached hydrogen (secondary N) is 1. The molecule has 41 heavy (non-hydrogen) atoms. The van der Waals surface area contributed by atoms with E-state index in [0.717, 1.165) is 50.2 Å². The average molecular weight is 527 g/mol. The number of benzene rings is 6. The van der Waals surface area contributed by atoms with Gasteiger partial charge in [-0.1, -0.05) is 68.4 Å². The lowest BCUT2D eigenvalue weighted by atomic mass is 9.81. The minimum absolute atomic E-state index is 0.166. The molecule has 1 N–H and O–H groups in total. The highest BCUT2D eigenvalue weighted by Gasteiger charge is 2.37. The second kappa shape index (κ2) is 7.92. The molecule has 9 rings (SSSR count). The summed E-state index contributed by atoms with van der Waals surface area (Å²) in [5, 5.41) is 8.38. The van der Waals surface area contributed by atoms with Gasteiger partial charge in [0.25, 0.3) is 0 Å². The van der Waals surface area contributed by atoms with Crippen LogP contribution < -0.4 is 10.2 Å². The topological polar surface area (TPSA) is 41.0 Å². The summed E-state index contributed by atoms with van der Waals surface area (Å²) < 4.78 is 0. The molecule has 0 bridgehead atoms. The minimum Gasteiger partial charge on any atom is -0.352 e. The maximum atomic E-state index is 4.82. The van der Waals surface area contributed by atoms with Gasteiger partial charge in [-0.3, -0.25) is 9.97 Å². The first-order valence-corrected chi connectivity index (χ1v) is 14.1. The highest BCUT2D eigenvalue weighted by Crippen LogP contribution is 2.54. The Hall–Kier alpha value is -5.22. The van der Waals surface area contributed by atoms with Crippen LogP contribution in [0.4, 0.5) is 28.4 Å². The largest absolute Gasteiger partial charge is 0.352 e. The van der Waals surface area contributed by atoms with Crippen LogP contribution in [0.1, 0.15) is 25.0 Å². The van der Waals surface area contributed by atoms with Crippen LogP contribution in [0.5, 0.6) is 0 Å². The SMILES string of the molecule is CC1(C)c2cc(N3c4ccccc4Nc4ccccc43)ccc2-c2cc3c(cc21)c1ccccc1c1nccnc31. The van der Waals surface area contributed by atoms with Gasteiger partial charge in [-0.15, -0.1) is 0 Å². The van der Waals surface area contributed by atoms with Crippen molar-refractivity contribution in [3.8, 4) is 11.1 Å². The van der Waals surface area contributed by atoms with E-state index in [1.165, 1.54) is 33.0 Å². The Morgan fingerprint density at radius 3 is 1.90 bits per heavy atom. The molecular weight excluding hydrogens is 500 g/mol. The zero-order valence-electron chi connectivity index (χ0n) is 22.8. The fourth-order valence-electron chi connectivity index (χ4n) is 7.09. The van der Waals surface area contributed by atoms with Gasteiger partial charge in [0.2, 0.25) is 0 Å². The predicted molar refractivity (Wildman–Crippen MR) is 170 cm³/mol. The lowest BCUT2D eigenvalue weighted by Gasteiger charge is -2.34. The van der Waals surface area contributed by atoms with E-state index in [9.17, 15) is 0 Å². The van der Waals surface area contributed by atoms with E-state index in [0.29, 0.717) is 0 Å². The van der Waals surface area contributed by atoms with Crippen LogP contribution >= 0.6 is 0 Å². The normalized spacial score (nSPS) is 14.4. The van der Waals surface area contributed by atoms with Gasteiger partial charge in [0.15, 0.2) is 0 Å². The maximum Gasteiger partial charge on any atom is 0.0971 e. The number of hydrogen-bond donors (Lipinski definition) is 1. The average Bonchev–Trinajstić information content (AvgIpc) is 3.24. The van der Waals surface area contributed by atoms with E-state index in [1.807, 2.05) is 0 Å². The number of aromatic nitrogens is 2. The Kier molecular flexibility index (Phi) is 4.36. The Labute approximate surface area is 237 Å². The summed E-state index contributed by atoms with van der Waals surface area (Å²) in [5.41, 5.74) is 12.7. The molecule has 4 nitrogen and oxygen atoms in total. The first-order chi connectivity index (χ1) is 20.1. The van der Waals surface area contributed by atoms with Crippen LogP contribution in [0.25, 0.3) is 43.7 Å². The predicted octanol–water partition coefficient (Wildman–Crippen LogP) is 9.77. The number of hydrogen-bond acceptors (Lipinski definition) is 4. The summed E-state index contributed by atoms with van der Waals surface area (Å²) in [6.07, 6.45) is 3.59. The van der Waals surface area contributed by atoms with Crippen molar-refractivity contribution in [3.63, 3.8) is 0 Å². The van der Waals surface area contributed by atoms with Crippen molar-refractivity contribution in [2.45, 2.75) is 19.3 Å². The summed E-state index contributed by atoms with van der Waals surface area (Å²) in [6, 6.07) is 37.4. The lowest BCUT2D eigenvalue weighted by molar-refractivity contribution is 0.661. The number of rotatable bonds is 1. The van der Waals surface area contributed by atoms with Gasteiger partial charge in [0.1, 0.15) is 0 Å². The van der Waals surface area contributed by atoms with Crippen molar-refractivity contribution in [2.75, 3.05) is 10.2 Å². The van der Waals surface area contributed by atoms with Crippen LogP contribution in [-0.4, -0.2) is 9.97 Å². The van der Waals surface area contributed by atoms with Gasteiger partial charge in [0.05, 0.1) is 33.8 Å². The van der Waals surface area contributed by atoms with E-state index < -0.39 is 0 Å². The van der Waals surface area contributed by atoms with Gasteiger partial charge in [-0.2, -0.15) is 0 Å². The fraction of sp³-hybridized carbons (Fsp3) is 0.0811. The molecule has 6 aromatic carbocycles. The van der Waals surface area contributed by atoms with Gasteiger partial charge >= 0.3 is 0 Å². The molecule has 0 radical (unpaired) electrons. The van der Waals surface area contributed by atoms with E-state index in [1.54, 1.807) is 12.4 Å². The smallest absolute Gasteiger partial charge is 0.0971 e. The molecule has 2 aliphatic rings. The molecule has 0 saturated heterocycles. The number of anilines is 5. The van der Waals surface area contributed by atoms with E-state index in [2.05, 4.69) is 127 Å². The summed E-state index contributed by atoms with van der Waals surface area (Å²) in [6.45, 7) is 4.71. The number of nitrogens with zero attached hydrogens (tertiary/aromatic N) is 3. The van der Waals surface area contributed by atoms with Crippen molar-refractivity contribution in [2.24, 2.45) is 0 Å². The molecule has 194 valence electrons. The first-order valence-electron chi connectivity index (χ1n) is 14.1. The Morgan fingerprint density at radius 1 is 0.561 bits per heavy atom. The molecule has 1 aromatic heterocycles. The molecule has 0 fully saturated rings. The van der Waals surface area contributed by atoms with Crippen LogP contribution in [0.3, 0.4) is 0 Å². The summed E-state index contributed by atoms with van der Waals surface area (Å²) in [5.74, 6) is 0. The van der Waals surface area contributed by atoms with Crippen LogP contribution in [0.2, 0.25) is 0 Å². The van der Waals surface area contributed by atoms with Gasteiger partial charge < -0.3 is 10.2 Å². The molecule has 1 aliphatic carbocycles. The standard InChI is InChI=1S/C37H26N4/c1-37(2)29-19-22(41-33-13-7-5-11-31(33)40-32-12-6-8-14-34(32)41)15-16-24(29)27-20-28-26(21-30(27)37)23-9-3-4-10-25(23)35-36(28)39-18-17-38-35/h3-21,40H,1-2H3. The molecule has 7 aromatic rings. The van der Waals surface area contributed by atoms with E-state index >= 15 is 0 Å². The molecule has 0 spiro atoms. The van der Waals surface area contributed by atoms with Crippen LogP contribution in [0.15, 0.2) is 116 Å². The van der Waals surface area contributed by atoms with E-state index in [-0.39, 0.29) is 5.41 Å². The molecule has 0 saturated carbocycles. The monoisotopic (exact) mass is 526 g/mol. The van der Waals surface area contributed by atoms with Gasteiger partial charge in [-0.05, 0) is 81.6 Å². The third kappa shape index (κ3) is 2.99. The molecule has 2 heterocycles. The van der Waals surface area contributed by atoms with Crippen molar-refractivity contribution in [3.05, 3.63) is 127 Å². The first kappa shape index (κ1) is 22.6. The summed E-state index contributed by atoms with van der Waals surface area (Å²) in [7, 11) is 0. The zero-order valence-corrected chi connectivity index (χ0v) is 22.8. The Bertz CT molecular complexity index is 2180. The molecule has 0 atom stereocenters. The quantitative estimate of drug-likeness (QED) is 0.216. The summed E-state index contributed by atoms with van der Waals surface area (Å²) >= 11 is 0. The third-order valence-electron chi connectivity index (χ3n) is 9.04. The molecular formula is C37H26N4. The van der Waals surface area contributed by atoms with Crippen molar-refractivity contribution in [1.82, 2.24) is 9.97 Å². The van der Waals surface area contributed by atoms with Gasteiger partial charge in [0, 0.05) is 34.3 Å². The lowest BCUT2D eigenvalue weighted by Crippen LogP contribution is -2.19. The van der Waals surface area contributed by atoms with Crippen LogP contribution in [0, 0.1) is 0 Å². The molecule has 4 heteroatoms. The maximum absolute atomic E-state index is 4.82. The van der Waals surface area contributed by atoms with Crippen molar-refractivity contribution < 1.29 is 0 Å². The Morgan fingerprint density at radius 2 is 1.17 bits per heavy atom. The van der Waals surface area contributed by atoms with Crippen molar-refractivity contribution >= 4 is 61.0 Å². The molecule has 0 unspecified atom stereocenters. The van der Waals surface area contributed by atoms with Crippen molar-refractivity contribution in [1.29, 1.82) is 0 Å². The van der Waals surface area contributed by atoms with Crippen LogP contribution in [-0.2, 0) is 5.41 Å². The minimum atomic E-state index is -0.166. The number of para-hydroxylation sites is 4. The Balaban J connectivity index is 1.30. The molecule has 1 aliphatic heterocycles. The third-order valence-corrected chi connectivity index (χ3v) is 9.04. The highest BCUT2D eigenvalue weighted by molar-refractivity contribution is 6.24. The molecule has 0 amide bonds. The summed E-state index contributed by atoms with van der Waals surface area (Å²) in [4.78, 5) is 12.0. The zero-order chi connectivity index (χ0) is 27.3. The fourth-order valence-corrected chi connectivity index (χ4v) is 7.09. The highest BCUT2D eigenvalue weighted by atomic mass is 15.2. The van der Waals surface area contributed by atoms with E-state index in [4.69, 9.17) is 9.97 Å². The number of fused-ring (bicyclic) bond motifs is 11. The second-order valence-electron chi connectivity index (χ2n) is 11.6. The second-order valence-corrected chi connectivity index (χ2v) is 11.6. The van der Waals surface area contributed by atoms with Gasteiger partial charge in [-0.25, -0.2) is 0 Å².